The maximum atomic E-state index is 12.9. The highest BCUT2D eigenvalue weighted by molar-refractivity contribution is 5.89. The summed E-state index contributed by atoms with van der Waals surface area (Å²) in [6.45, 7) is 0. The highest BCUT2D eigenvalue weighted by atomic mass is 19.4. The van der Waals surface area contributed by atoms with Crippen molar-refractivity contribution in [1.82, 2.24) is 4.57 Å². The second-order valence-electron chi connectivity index (χ2n) is 5.39. The molecule has 124 valence electrons. The van der Waals surface area contributed by atoms with Gasteiger partial charge in [-0.25, -0.2) is 0 Å². The molecule has 1 heterocycles. The second-order valence-corrected chi connectivity index (χ2v) is 5.39. The molecule has 0 spiro atoms. The average Bonchev–Trinajstić information content (AvgIpc) is 3.08. The van der Waals surface area contributed by atoms with Gasteiger partial charge in [-0.2, -0.15) is 18.4 Å². The smallest absolute Gasteiger partial charge is 0.317 e. The third kappa shape index (κ3) is 3.64. The number of benzene rings is 2. The minimum absolute atomic E-state index is 0.169. The van der Waals surface area contributed by atoms with Crippen molar-refractivity contribution in [1.29, 1.82) is 5.26 Å². The first-order valence-electron chi connectivity index (χ1n) is 7.51. The molecule has 0 fully saturated rings. The van der Waals surface area contributed by atoms with Crippen molar-refractivity contribution >= 4 is 11.6 Å². The van der Waals surface area contributed by atoms with Gasteiger partial charge in [0.05, 0.1) is 17.2 Å². The van der Waals surface area contributed by atoms with E-state index in [1.165, 1.54) is 12.1 Å². The van der Waals surface area contributed by atoms with Gasteiger partial charge in [-0.3, -0.25) is 0 Å². The van der Waals surface area contributed by atoms with Crippen LogP contribution in [0.15, 0.2) is 72.9 Å². The number of para-hydroxylation sites is 1. The van der Waals surface area contributed by atoms with Crippen molar-refractivity contribution in [2.75, 3.05) is 0 Å². The van der Waals surface area contributed by atoms with Gasteiger partial charge in [0.1, 0.15) is 0 Å². The molecule has 3 aromatic rings. The van der Waals surface area contributed by atoms with Crippen LogP contribution in [-0.2, 0) is 6.18 Å². The van der Waals surface area contributed by atoms with E-state index in [4.69, 9.17) is 0 Å². The van der Waals surface area contributed by atoms with Crippen LogP contribution in [0, 0.1) is 11.3 Å². The third-order valence-electron chi connectivity index (χ3n) is 3.73. The van der Waals surface area contributed by atoms with Crippen LogP contribution in [0.2, 0.25) is 0 Å². The van der Waals surface area contributed by atoms with E-state index < -0.39 is 11.7 Å². The zero-order valence-electron chi connectivity index (χ0n) is 13.0. The number of nitrogens with zero attached hydrogens (tertiary/aromatic N) is 2. The molecule has 0 aliphatic rings. The van der Waals surface area contributed by atoms with Gasteiger partial charge in [-0.05, 0) is 48.0 Å². The number of rotatable bonds is 3. The Balaban J connectivity index is 2.04. The van der Waals surface area contributed by atoms with Gasteiger partial charge in [0.15, 0.2) is 0 Å². The Morgan fingerprint density at radius 3 is 2.40 bits per heavy atom. The fourth-order valence-electron chi connectivity index (χ4n) is 2.53. The van der Waals surface area contributed by atoms with Crippen molar-refractivity contribution in [3.8, 4) is 11.8 Å². The van der Waals surface area contributed by atoms with Gasteiger partial charge < -0.3 is 4.57 Å². The van der Waals surface area contributed by atoms with E-state index in [9.17, 15) is 18.4 Å². The molecule has 0 aliphatic heterocycles. The van der Waals surface area contributed by atoms with Crippen LogP contribution in [0.25, 0.3) is 17.3 Å². The minimum Gasteiger partial charge on any atom is -0.317 e. The summed E-state index contributed by atoms with van der Waals surface area (Å²) in [6.07, 6.45) is -1.02. The van der Waals surface area contributed by atoms with Crippen LogP contribution >= 0.6 is 0 Å². The largest absolute Gasteiger partial charge is 0.416 e. The van der Waals surface area contributed by atoms with E-state index in [2.05, 4.69) is 0 Å². The number of nitriles is 1. The van der Waals surface area contributed by atoms with Crippen molar-refractivity contribution < 1.29 is 13.2 Å². The SMILES string of the molecule is N#C/C(=C/c1cccn1-c1ccccc1)c1cccc(C(F)(F)F)c1. The molecule has 3 rings (SSSR count). The summed E-state index contributed by atoms with van der Waals surface area (Å²) >= 11 is 0. The van der Waals surface area contributed by atoms with E-state index in [1.54, 1.807) is 12.1 Å². The maximum Gasteiger partial charge on any atom is 0.416 e. The summed E-state index contributed by atoms with van der Waals surface area (Å²) in [7, 11) is 0. The van der Waals surface area contributed by atoms with Crippen LogP contribution in [0.3, 0.4) is 0 Å². The number of allylic oxidation sites excluding steroid dienone is 1. The van der Waals surface area contributed by atoms with Crippen molar-refractivity contribution in [2.45, 2.75) is 6.18 Å². The molecule has 0 saturated carbocycles. The lowest BCUT2D eigenvalue weighted by Crippen LogP contribution is -2.05. The fourth-order valence-corrected chi connectivity index (χ4v) is 2.53. The molecule has 0 radical (unpaired) electrons. The van der Waals surface area contributed by atoms with E-state index in [-0.39, 0.29) is 11.1 Å². The topological polar surface area (TPSA) is 28.7 Å². The molecule has 0 aliphatic carbocycles. The van der Waals surface area contributed by atoms with E-state index >= 15 is 0 Å². The molecular weight excluding hydrogens is 325 g/mol. The van der Waals surface area contributed by atoms with Gasteiger partial charge in [-0.15, -0.1) is 0 Å². The van der Waals surface area contributed by atoms with Crippen LogP contribution in [0.1, 0.15) is 16.8 Å². The molecule has 0 saturated heterocycles. The fraction of sp³-hybridized carbons (Fsp3) is 0.0500. The molecule has 0 bridgehead atoms. The Kier molecular flexibility index (Phi) is 4.44. The summed E-state index contributed by atoms with van der Waals surface area (Å²) in [5.74, 6) is 0. The molecule has 2 nitrogen and oxygen atoms in total. The Labute approximate surface area is 143 Å². The van der Waals surface area contributed by atoms with E-state index in [1.807, 2.05) is 53.2 Å². The Morgan fingerprint density at radius 2 is 1.72 bits per heavy atom. The van der Waals surface area contributed by atoms with Crippen molar-refractivity contribution in [2.24, 2.45) is 0 Å². The molecule has 0 N–H and O–H groups in total. The van der Waals surface area contributed by atoms with Crippen molar-refractivity contribution in [3.05, 3.63) is 89.7 Å². The van der Waals surface area contributed by atoms with Crippen LogP contribution in [-0.4, -0.2) is 4.57 Å². The lowest BCUT2D eigenvalue weighted by atomic mass is 10.0. The highest BCUT2D eigenvalue weighted by Gasteiger charge is 2.30. The summed E-state index contributed by atoms with van der Waals surface area (Å²) in [5, 5.41) is 9.42. The zero-order valence-corrected chi connectivity index (χ0v) is 13.0. The zero-order chi connectivity index (χ0) is 17.9. The minimum atomic E-state index is -4.44. The number of halogens is 3. The summed E-state index contributed by atoms with van der Waals surface area (Å²) in [6, 6.07) is 19.9. The predicted octanol–water partition coefficient (Wildman–Crippen LogP) is 5.56. The molecule has 0 atom stereocenters. The Hall–Kier alpha value is -3.26. The first kappa shape index (κ1) is 16.6. The molecule has 2 aromatic carbocycles. The van der Waals surface area contributed by atoms with Crippen molar-refractivity contribution in [3.63, 3.8) is 0 Å². The van der Waals surface area contributed by atoms with Gasteiger partial charge in [0.25, 0.3) is 0 Å². The standard InChI is InChI=1S/C20H13F3N2/c21-20(22,23)17-7-4-6-15(12-17)16(14-24)13-19-10-5-11-25(19)18-8-2-1-3-9-18/h1-13H/b16-13-. The molecule has 0 amide bonds. The predicted molar refractivity (Wildman–Crippen MR) is 90.7 cm³/mol. The number of hydrogen-bond acceptors (Lipinski definition) is 1. The monoisotopic (exact) mass is 338 g/mol. The van der Waals surface area contributed by atoms with Crippen LogP contribution in [0.4, 0.5) is 13.2 Å². The summed E-state index contributed by atoms with van der Waals surface area (Å²) < 4.78 is 40.5. The van der Waals surface area contributed by atoms with Gasteiger partial charge in [-0.1, -0.05) is 30.3 Å². The number of aromatic nitrogens is 1. The molecule has 1 aromatic heterocycles. The number of alkyl halides is 3. The van der Waals surface area contributed by atoms with Gasteiger partial charge in [0.2, 0.25) is 0 Å². The first-order chi connectivity index (χ1) is 12.0. The molecular formula is C20H13F3N2. The van der Waals surface area contributed by atoms with Gasteiger partial charge >= 0.3 is 6.18 Å². The van der Waals surface area contributed by atoms with E-state index in [0.717, 1.165) is 17.8 Å². The lowest BCUT2D eigenvalue weighted by molar-refractivity contribution is -0.137. The first-order valence-corrected chi connectivity index (χ1v) is 7.51. The number of hydrogen-bond donors (Lipinski definition) is 0. The molecule has 25 heavy (non-hydrogen) atoms. The third-order valence-corrected chi connectivity index (χ3v) is 3.73. The van der Waals surface area contributed by atoms with Crippen LogP contribution < -0.4 is 0 Å². The van der Waals surface area contributed by atoms with Gasteiger partial charge in [0, 0.05) is 17.6 Å². The normalized spacial score (nSPS) is 12.0. The Morgan fingerprint density at radius 1 is 0.960 bits per heavy atom. The molecule has 0 unspecified atom stereocenters. The summed E-state index contributed by atoms with van der Waals surface area (Å²) in [4.78, 5) is 0. The van der Waals surface area contributed by atoms with Crippen LogP contribution in [0.5, 0.6) is 0 Å². The summed E-state index contributed by atoms with van der Waals surface area (Å²) in [5.41, 5.74) is 1.24. The highest BCUT2D eigenvalue weighted by Crippen LogP contribution is 2.31. The lowest BCUT2D eigenvalue weighted by Gasteiger charge is -2.09. The van der Waals surface area contributed by atoms with E-state index in [0.29, 0.717) is 5.69 Å². The molecule has 5 heteroatoms. The maximum absolute atomic E-state index is 12.9. The average molecular weight is 338 g/mol. The second kappa shape index (κ2) is 6.70. The quantitative estimate of drug-likeness (QED) is 0.575. The Bertz CT molecular complexity index is 945.